The maximum Gasteiger partial charge on any atom is 0.223 e. The van der Waals surface area contributed by atoms with E-state index >= 15 is 0 Å². The topological polar surface area (TPSA) is 111 Å². The Labute approximate surface area is 235 Å². The van der Waals surface area contributed by atoms with Crippen LogP contribution >= 0.6 is 22.9 Å². The van der Waals surface area contributed by atoms with Crippen molar-refractivity contribution >= 4 is 34.6 Å². The second-order valence-electron chi connectivity index (χ2n) is 8.86. The highest BCUT2D eigenvalue weighted by Crippen LogP contribution is 2.39. The summed E-state index contributed by atoms with van der Waals surface area (Å²) in [5.74, 6) is 13.5. The molecule has 0 aliphatic carbocycles. The normalized spacial score (nSPS) is 13.7. The van der Waals surface area contributed by atoms with Crippen LogP contribution in [0.1, 0.15) is 57.2 Å². The van der Waals surface area contributed by atoms with Crippen molar-refractivity contribution in [2.24, 2.45) is 10.7 Å². The number of aliphatic imine (C=N–C) groups is 1. The lowest BCUT2D eigenvalue weighted by atomic mass is 9.99. The summed E-state index contributed by atoms with van der Waals surface area (Å²) in [5, 5.41) is 13.3. The molecule has 1 aromatic carbocycles. The van der Waals surface area contributed by atoms with Gasteiger partial charge in [-0.25, -0.2) is 0 Å². The zero-order chi connectivity index (χ0) is 27.5. The second kappa shape index (κ2) is 11.3. The number of aryl methyl sites for hydroxylation is 2. The van der Waals surface area contributed by atoms with Crippen LogP contribution in [0.15, 0.2) is 45.8 Å². The van der Waals surface area contributed by atoms with Gasteiger partial charge >= 0.3 is 0 Å². The molecule has 1 aliphatic rings. The Kier molecular flexibility index (Phi) is 7.67. The van der Waals surface area contributed by atoms with Crippen molar-refractivity contribution < 1.29 is 9.21 Å². The van der Waals surface area contributed by atoms with Crippen LogP contribution in [-0.4, -0.2) is 39.5 Å². The number of nitrogens with one attached hydrogen (secondary N) is 1. The van der Waals surface area contributed by atoms with Gasteiger partial charge in [-0.1, -0.05) is 35.6 Å². The smallest absolute Gasteiger partial charge is 0.223 e. The summed E-state index contributed by atoms with van der Waals surface area (Å²) in [6, 6.07) is 10.5. The van der Waals surface area contributed by atoms with Crippen molar-refractivity contribution in [3.8, 4) is 28.7 Å². The molecule has 0 unspecified atom stereocenters. The highest BCUT2D eigenvalue weighted by atomic mass is 35.5. The van der Waals surface area contributed by atoms with Crippen molar-refractivity contribution in [2.75, 3.05) is 13.1 Å². The van der Waals surface area contributed by atoms with Gasteiger partial charge in [-0.2, -0.15) is 0 Å². The van der Waals surface area contributed by atoms with E-state index in [9.17, 15) is 4.79 Å². The number of nitrogens with zero attached hydrogens (tertiary/aromatic N) is 4. The minimum absolute atomic E-state index is 0.0868. The Hall–Kier alpha value is -4.15. The van der Waals surface area contributed by atoms with Gasteiger partial charge in [-0.05, 0) is 62.4 Å². The van der Waals surface area contributed by atoms with Gasteiger partial charge in [0.05, 0.1) is 25.2 Å². The molecule has 0 fully saturated rings. The summed E-state index contributed by atoms with van der Waals surface area (Å²) in [6.07, 6.45) is 0.0868. The van der Waals surface area contributed by atoms with E-state index in [1.165, 1.54) is 4.88 Å². The van der Waals surface area contributed by atoms with Crippen LogP contribution in [0.4, 0.5) is 0 Å². The van der Waals surface area contributed by atoms with Crippen molar-refractivity contribution in [3.05, 3.63) is 86.2 Å². The van der Waals surface area contributed by atoms with Crippen LogP contribution in [0.3, 0.4) is 0 Å². The molecule has 0 radical (unpaired) electrons. The summed E-state index contributed by atoms with van der Waals surface area (Å²) in [5.41, 5.74) is 9.26. The molecule has 0 spiro atoms. The van der Waals surface area contributed by atoms with Crippen LogP contribution < -0.4 is 11.1 Å². The van der Waals surface area contributed by atoms with Gasteiger partial charge in [0.15, 0.2) is 17.3 Å². The number of nitrogens with two attached hydrogens (primary N) is 1. The predicted octanol–water partition coefficient (Wildman–Crippen LogP) is 4.26. The van der Waals surface area contributed by atoms with Crippen LogP contribution in [0.2, 0.25) is 5.02 Å². The lowest BCUT2D eigenvalue weighted by Crippen LogP contribution is -2.25. The van der Waals surface area contributed by atoms with Gasteiger partial charge < -0.3 is 15.5 Å². The molecule has 1 amide bonds. The molecule has 0 saturated carbocycles. The largest absolute Gasteiger partial charge is 0.439 e. The minimum atomic E-state index is -0.544. The maximum absolute atomic E-state index is 13.0. The number of benzene rings is 1. The molecule has 3 aromatic heterocycles. The number of rotatable bonds is 4. The van der Waals surface area contributed by atoms with Gasteiger partial charge in [0.25, 0.3) is 0 Å². The molecule has 0 bridgehead atoms. The third-order valence-electron chi connectivity index (χ3n) is 6.24. The average Bonchev–Trinajstić information content (AvgIpc) is 3.59. The predicted molar refractivity (Wildman–Crippen MR) is 152 cm³/mol. The SMILES string of the molecule is Cc1sc2c(c1C)C(c1ccc(Cl)cc1)=N[C@@H](CC(=O)NCC#Cc1ccc(C#CCN)o1)c1nnc(C)n1-2. The molecule has 10 heteroatoms. The molecular weight excluding hydrogens is 532 g/mol. The Balaban J connectivity index is 1.41. The molecule has 4 aromatic rings. The average molecular weight is 557 g/mol. The quantitative estimate of drug-likeness (QED) is 0.365. The number of hydrogen-bond acceptors (Lipinski definition) is 7. The van der Waals surface area contributed by atoms with E-state index in [1.54, 1.807) is 23.5 Å². The number of hydrogen-bond donors (Lipinski definition) is 2. The van der Waals surface area contributed by atoms with Crippen LogP contribution in [0, 0.1) is 44.5 Å². The summed E-state index contributed by atoms with van der Waals surface area (Å²) < 4.78 is 7.53. The van der Waals surface area contributed by atoms with Gasteiger partial charge in [0.1, 0.15) is 16.9 Å². The van der Waals surface area contributed by atoms with Crippen LogP contribution in [-0.2, 0) is 4.79 Å². The molecule has 1 atom stereocenters. The third-order valence-corrected chi connectivity index (χ3v) is 7.69. The Morgan fingerprint density at radius 1 is 1.10 bits per heavy atom. The maximum atomic E-state index is 13.0. The first-order valence-corrected chi connectivity index (χ1v) is 13.5. The van der Waals surface area contributed by atoms with Crippen molar-refractivity contribution in [2.45, 2.75) is 33.2 Å². The van der Waals surface area contributed by atoms with Gasteiger partial charge in [0, 0.05) is 21.0 Å². The third kappa shape index (κ3) is 5.52. The summed E-state index contributed by atoms with van der Waals surface area (Å²) in [7, 11) is 0. The fourth-order valence-electron chi connectivity index (χ4n) is 4.26. The Morgan fingerprint density at radius 3 is 2.54 bits per heavy atom. The number of halogens is 1. The standard InChI is InChI=1S/C29H25ClN6O2S/c1-17-18(2)39-29-26(17)27(20-8-10-21(30)11-9-20)33-24(28-35-34-19(3)36(28)29)16-25(37)32-15-5-7-23-13-12-22(38-23)6-4-14-31/h8-13,24H,14-16,31H2,1-3H3,(H,32,37)/t24-/m0/s1. The molecule has 3 N–H and O–H groups in total. The van der Waals surface area contributed by atoms with E-state index in [4.69, 9.17) is 26.7 Å². The number of amides is 1. The number of furan rings is 1. The monoisotopic (exact) mass is 556 g/mol. The van der Waals surface area contributed by atoms with E-state index in [1.807, 2.05) is 35.8 Å². The first-order chi connectivity index (χ1) is 18.9. The molecule has 5 rings (SSSR count). The minimum Gasteiger partial charge on any atom is -0.439 e. The molecule has 39 heavy (non-hydrogen) atoms. The van der Waals surface area contributed by atoms with Crippen LogP contribution in [0.25, 0.3) is 5.00 Å². The van der Waals surface area contributed by atoms with E-state index in [0.29, 0.717) is 22.4 Å². The lowest BCUT2D eigenvalue weighted by molar-refractivity contribution is -0.121. The van der Waals surface area contributed by atoms with E-state index in [2.05, 4.69) is 53.0 Å². The van der Waals surface area contributed by atoms with E-state index < -0.39 is 6.04 Å². The molecule has 1 aliphatic heterocycles. The fourth-order valence-corrected chi connectivity index (χ4v) is 5.60. The molecule has 8 nitrogen and oxygen atoms in total. The van der Waals surface area contributed by atoms with Crippen molar-refractivity contribution in [1.82, 2.24) is 20.1 Å². The van der Waals surface area contributed by atoms with Crippen LogP contribution in [0.5, 0.6) is 0 Å². The fraction of sp³-hybridized carbons (Fsp3) is 0.241. The first-order valence-electron chi connectivity index (χ1n) is 12.3. The van der Waals surface area contributed by atoms with Gasteiger partial charge in [-0.3, -0.25) is 14.4 Å². The van der Waals surface area contributed by atoms with Crippen molar-refractivity contribution in [3.63, 3.8) is 0 Å². The summed E-state index contributed by atoms with van der Waals surface area (Å²) in [4.78, 5) is 19.3. The molecule has 4 heterocycles. The van der Waals surface area contributed by atoms with E-state index in [-0.39, 0.29) is 25.4 Å². The Bertz CT molecular complexity index is 1710. The summed E-state index contributed by atoms with van der Waals surface area (Å²) in [6.45, 7) is 6.50. The number of carbonyl (C=O) groups is 1. The zero-order valence-corrected chi connectivity index (χ0v) is 23.2. The van der Waals surface area contributed by atoms with Crippen molar-refractivity contribution in [1.29, 1.82) is 0 Å². The number of aromatic nitrogens is 3. The first kappa shape index (κ1) is 26.5. The number of carbonyl (C=O) groups excluding carboxylic acids is 1. The highest BCUT2D eigenvalue weighted by Gasteiger charge is 2.32. The second-order valence-corrected chi connectivity index (χ2v) is 10.5. The lowest BCUT2D eigenvalue weighted by Gasteiger charge is -2.12. The molecule has 0 saturated heterocycles. The molecule has 196 valence electrons. The number of thiophene rings is 1. The Morgan fingerprint density at radius 2 is 1.82 bits per heavy atom. The molecular formula is C29H25ClN6O2S. The van der Waals surface area contributed by atoms with E-state index in [0.717, 1.165) is 33.2 Å². The number of fused-ring (bicyclic) bond motifs is 3. The summed E-state index contributed by atoms with van der Waals surface area (Å²) >= 11 is 7.84. The van der Waals surface area contributed by atoms with Gasteiger partial charge in [0.2, 0.25) is 5.91 Å². The van der Waals surface area contributed by atoms with Gasteiger partial charge in [-0.15, -0.1) is 21.5 Å². The highest BCUT2D eigenvalue weighted by molar-refractivity contribution is 7.15. The zero-order valence-electron chi connectivity index (χ0n) is 21.6.